The monoisotopic (exact) mass is 1260 g/mol. The molecule has 2 aliphatic rings. The molecule has 7 aromatic rings. The molecule has 2 saturated heterocycles. The van der Waals surface area contributed by atoms with Crippen molar-refractivity contribution in [2.45, 2.75) is 106 Å². The summed E-state index contributed by atoms with van der Waals surface area (Å²) in [7, 11) is 0. The van der Waals surface area contributed by atoms with Crippen LogP contribution >= 0.6 is 0 Å². The lowest BCUT2D eigenvalue weighted by atomic mass is 10.0. The molecule has 2 aliphatic heterocycles. The zero-order valence-corrected chi connectivity index (χ0v) is 49.7. The summed E-state index contributed by atoms with van der Waals surface area (Å²) in [6.45, 7) is -2.16. The Bertz CT molecular complexity index is 3830. The molecule has 92 heavy (non-hydrogen) atoms. The summed E-state index contributed by atoms with van der Waals surface area (Å²) in [5.74, 6) is -8.79. The van der Waals surface area contributed by atoms with Crippen LogP contribution < -0.4 is 53.6 Å². The van der Waals surface area contributed by atoms with Gasteiger partial charge in [0.25, 0.3) is 0 Å². The number of hydrogen-bond acceptors (Lipinski definition) is 15. The first kappa shape index (κ1) is 65.3. The second-order valence-electron chi connectivity index (χ2n) is 22.5. The lowest BCUT2D eigenvalue weighted by Gasteiger charge is -2.30. The molecular formula is C63H71N15O14. The standard InChI is InChI=1S/C63H71N15O14/c64-53(82)30-68-62(91)52-10-5-21-78(52)63(92)50(23-35-13-17-40(81)18-14-35)76-58(87)47(24-36-27-66-43-8-3-1-6-41(36)43)72-55(84)31-69-56(85)46(22-34-11-15-39(80)16-12-34)73-61(90)51(32-79)77-59(88)48(25-37-28-67-44-9-4-2-7-42(37)44)74-60(89)49(26-38-29-65-33-70-38)75-57(86)45-19-20-54(83)71-45/h1-4,6-9,11-18,27-29,33,45-52,66-67,79-81H,5,10,19-26,30-32H2,(H2,64,82)(H,65,70)(H,68,91)(H,69,85)(H,71,83)(H,72,84)(H,73,90)(H,74,89)(H,75,86)(H,76,87)(H,77,88)/t45-,46-,47-,48-,49-,50-,51-,52-/m0/s1. The molecule has 0 radical (unpaired) electrons. The number of benzene rings is 4. The van der Waals surface area contributed by atoms with Crippen LogP contribution in [-0.4, -0.2) is 180 Å². The molecule has 11 amide bonds. The van der Waals surface area contributed by atoms with Gasteiger partial charge < -0.3 is 88.8 Å². The lowest BCUT2D eigenvalue weighted by molar-refractivity contribution is -0.142. The number of aliphatic hydroxyl groups excluding tert-OH is 1. The molecule has 0 saturated carbocycles. The van der Waals surface area contributed by atoms with Crippen LogP contribution in [0.3, 0.4) is 0 Å². The van der Waals surface area contributed by atoms with E-state index in [2.05, 4.69) is 67.8 Å². The molecule has 17 N–H and O–H groups in total. The first-order chi connectivity index (χ1) is 44.3. The number of nitrogens with zero attached hydrogens (tertiary/aromatic N) is 2. The number of hydrogen-bond donors (Lipinski definition) is 16. The number of fused-ring (bicyclic) bond motifs is 2. The van der Waals surface area contributed by atoms with Crippen LogP contribution in [0.1, 0.15) is 53.6 Å². The molecule has 29 heteroatoms. The molecule has 0 spiro atoms. The summed E-state index contributed by atoms with van der Waals surface area (Å²) in [6, 6.07) is 15.0. The van der Waals surface area contributed by atoms with Crippen LogP contribution in [0.25, 0.3) is 21.8 Å². The topological polar surface area (TPSA) is 446 Å². The fourth-order valence-corrected chi connectivity index (χ4v) is 11.1. The summed E-state index contributed by atoms with van der Waals surface area (Å²) >= 11 is 0. The first-order valence-electron chi connectivity index (χ1n) is 29.8. The summed E-state index contributed by atoms with van der Waals surface area (Å²) < 4.78 is 0. The largest absolute Gasteiger partial charge is 0.508 e. The van der Waals surface area contributed by atoms with Crippen molar-refractivity contribution in [1.82, 2.24) is 72.7 Å². The predicted octanol–water partition coefficient (Wildman–Crippen LogP) is -1.81. The fourth-order valence-electron chi connectivity index (χ4n) is 11.1. The number of H-pyrrole nitrogens is 3. The first-order valence-corrected chi connectivity index (χ1v) is 29.8. The number of phenolic OH excluding ortho intramolecular Hbond substituents is 2. The second kappa shape index (κ2) is 30.4. The number of rotatable bonds is 29. The third kappa shape index (κ3) is 17.2. The molecular weight excluding hydrogens is 1190 g/mol. The van der Waals surface area contributed by atoms with Crippen molar-refractivity contribution in [3.63, 3.8) is 0 Å². The summed E-state index contributed by atoms with van der Waals surface area (Å²) in [5.41, 5.74) is 9.20. The molecule has 482 valence electrons. The molecule has 8 atom stereocenters. The third-order valence-electron chi connectivity index (χ3n) is 15.9. The zero-order chi connectivity index (χ0) is 65.4. The molecule has 9 rings (SSSR count). The van der Waals surface area contributed by atoms with Gasteiger partial charge in [0, 0.05) is 91.2 Å². The van der Waals surface area contributed by atoms with Crippen molar-refractivity contribution in [3.8, 4) is 11.5 Å². The maximum Gasteiger partial charge on any atom is 0.246 e. The molecule has 0 bridgehead atoms. The maximum absolute atomic E-state index is 14.7. The number of aromatic nitrogens is 4. The van der Waals surface area contributed by atoms with Gasteiger partial charge in [-0.1, -0.05) is 60.7 Å². The van der Waals surface area contributed by atoms with Crippen LogP contribution in [0.4, 0.5) is 0 Å². The Balaban J connectivity index is 0.919. The van der Waals surface area contributed by atoms with Gasteiger partial charge in [-0.05, 0) is 77.9 Å². The van der Waals surface area contributed by atoms with Crippen molar-refractivity contribution in [3.05, 3.63) is 150 Å². The van der Waals surface area contributed by atoms with Gasteiger partial charge >= 0.3 is 0 Å². The van der Waals surface area contributed by atoms with Crippen LogP contribution in [0.15, 0.2) is 122 Å². The van der Waals surface area contributed by atoms with Crippen molar-refractivity contribution >= 4 is 86.8 Å². The smallest absolute Gasteiger partial charge is 0.246 e. The number of phenols is 2. The van der Waals surface area contributed by atoms with Gasteiger partial charge in [-0.3, -0.25) is 52.7 Å². The Labute approximate surface area is 525 Å². The maximum atomic E-state index is 14.7. The average Bonchev–Trinajstić information content (AvgIpc) is 1.73. The molecule has 4 aromatic carbocycles. The number of nitrogens with one attached hydrogen (secondary N) is 12. The minimum Gasteiger partial charge on any atom is -0.508 e. The van der Waals surface area contributed by atoms with Gasteiger partial charge in [-0.15, -0.1) is 0 Å². The Morgan fingerprint density at radius 3 is 1.63 bits per heavy atom. The number of aromatic hydroxyl groups is 2. The van der Waals surface area contributed by atoms with E-state index in [-0.39, 0.29) is 75.3 Å². The molecule has 3 aromatic heterocycles. The quantitative estimate of drug-likeness (QED) is 0.0246. The highest BCUT2D eigenvalue weighted by Gasteiger charge is 2.40. The van der Waals surface area contributed by atoms with Crippen molar-refractivity contribution in [2.24, 2.45) is 5.73 Å². The van der Waals surface area contributed by atoms with Crippen LogP contribution in [0.2, 0.25) is 0 Å². The van der Waals surface area contributed by atoms with E-state index in [1.807, 2.05) is 0 Å². The Hall–Kier alpha value is -11.1. The third-order valence-corrected chi connectivity index (χ3v) is 15.9. The molecule has 0 aliphatic carbocycles. The Morgan fingerprint density at radius 1 is 0.565 bits per heavy atom. The van der Waals surface area contributed by atoms with E-state index >= 15 is 0 Å². The van der Waals surface area contributed by atoms with E-state index < -0.39 is 127 Å². The van der Waals surface area contributed by atoms with Crippen molar-refractivity contribution in [2.75, 3.05) is 26.2 Å². The van der Waals surface area contributed by atoms with E-state index in [1.165, 1.54) is 53.8 Å². The number of carbonyl (C=O) groups excluding carboxylic acids is 11. The molecule has 29 nitrogen and oxygen atoms in total. The minimum atomic E-state index is -1.78. The van der Waals surface area contributed by atoms with Gasteiger partial charge in [-0.25, -0.2) is 4.98 Å². The number of amides is 11. The van der Waals surface area contributed by atoms with E-state index in [1.54, 1.807) is 73.1 Å². The second-order valence-corrected chi connectivity index (χ2v) is 22.5. The molecule has 0 unspecified atom stereocenters. The number of imidazole rings is 1. The SMILES string of the molecule is NC(=O)CNC(=O)[C@@H]1CCCN1C(=O)[C@H](Cc1ccc(O)cc1)NC(=O)[C@H](Cc1c[nH]c2ccccc12)NC(=O)CNC(=O)[C@H](Cc1ccc(O)cc1)NC(=O)[C@H](CO)NC(=O)[C@H](Cc1c[nH]c2ccccc12)NC(=O)[C@H](Cc1cnc[nH]1)NC(=O)[C@@H]1CCC(=O)N1. The van der Waals surface area contributed by atoms with Gasteiger partial charge in [0.15, 0.2) is 0 Å². The lowest BCUT2D eigenvalue weighted by Crippen LogP contribution is -2.60. The van der Waals surface area contributed by atoms with E-state index in [9.17, 15) is 68.1 Å². The highest BCUT2D eigenvalue weighted by atomic mass is 16.3. The van der Waals surface area contributed by atoms with Crippen LogP contribution in [0.5, 0.6) is 11.5 Å². The van der Waals surface area contributed by atoms with Gasteiger partial charge in [0.05, 0.1) is 26.0 Å². The predicted molar refractivity (Wildman–Crippen MR) is 330 cm³/mol. The van der Waals surface area contributed by atoms with E-state index in [4.69, 9.17) is 5.73 Å². The van der Waals surface area contributed by atoms with Gasteiger partial charge in [-0.2, -0.15) is 0 Å². The molecule has 2 fully saturated rings. The van der Waals surface area contributed by atoms with Crippen molar-refractivity contribution < 1.29 is 68.1 Å². The minimum absolute atomic E-state index is 0.0599. The average molecular weight is 1260 g/mol. The van der Waals surface area contributed by atoms with Crippen molar-refractivity contribution in [1.29, 1.82) is 0 Å². The van der Waals surface area contributed by atoms with Crippen LogP contribution in [-0.2, 0) is 84.8 Å². The number of aliphatic hydroxyl groups is 1. The fraction of sp³-hybridized carbons (Fsp3) is 0.333. The Morgan fingerprint density at radius 2 is 1.09 bits per heavy atom. The van der Waals surface area contributed by atoms with E-state index in [0.717, 1.165) is 0 Å². The summed E-state index contributed by atoms with van der Waals surface area (Å²) in [5, 5.41) is 55.7. The normalized spacial score (nSPS) is 16.4. The zero-order valence-electron chi connectivity index (χ0n) is 49.7. The Kier molecular flexibility index (Phi) is 21.6. The highest BCUT2D eigenvalue weighted by Crippen LogP contribution is 2.24. The summed E-state index contributed by atoms with van der Waals surface area (Å²) in [4.78, 5) is 166. The van der Waals surface area contributed by atoms with E-state index in [0.29, 0.717) is 56.2 Å². The number of aromatic amines is 3. The molecule has 5 heterocycles. The number of para-hydroxylation sites is 2. The van der Waals surface area contributed by atoms with Gasteiger partial charge in [0.2, 0.25) is 65.0 Å². The number of nitrogens with two attached hydrogens (primary N) is 1. The number of likely N-dealkylation sites (tertiary alicyclic amines) is 1. The van der Waals surface area contributed by atoms with Crippen LogP contribution in [0, 0.1) is 0 Å². The summed E-state index contributed by atoms with van der Waals surface area (Å²) in [6.07, 6.45) is 6.21. The highest BCUT2D eigenvalue weighted by molar-refractivity contribution is 6.00. The van der Waals surface area contributed by atoms with Gasteiger partial charge in [0.1, 0.15) is 59.8 Å². The number of carbonyl (C=O) groups is 11. The number of primary amides is 1.